The molecule has 0 saturated heterocycles. The van der Waals surface area contributed by atoms with E-state index in [0.717, 1.165) is 18.9 Å². The summed E-state index contributed by atoms with van der Waals surface area (Å²) in [6.07, 6.45) is 1.96. The number of nitrogens with one attached hydrogen (secondary N) is 2. The van der Waals surface area contributed by atoms with Crippen molar-refractivity contribution in [3.63, 3.8) is 0 Å². The van der Waals surface area contributed by atoms with Crippen LogP contribution in [0.15, 0.2) is 18.2 Å². The quantitative estimate of drug-likeness (QED) is 0.678. The largest absolute Gasteiger partial charge is 0.399 e. The molecular weight excluding hydrogens is 237 g/mol. The number of carbonyl (C=O) groups is 2. The van der Waals surface area contributed by atoms with Gasteiger partial charge in [-0.25, -0.2) is 4.39 Å². The molecule has 0 aromatic heterocycles. The van der Waals surface area contributed by atoms with Gasteiger partial charge in [0.2, 0.25) is 5.91 Å². The van der Waals surface area contributed by atoms with Crippen LogP contribution < -0.4 is 16.4 Å². The summed E-state index contributed by atoms with van der Waals surface area (Å²) < 4.78 is 13.4. The molecule has 0 heterocycles. The summed E-state index contributed by atoms with van der Waals surface area (Å²) in [6, 6.07) is 4.03. The highest BCUT2D eigenvalue weighted by Gasteiger charge is 2.23. The molecule has 0 unspecified atom stereocenters. The van der Waals surface area contributed by atoms with Crippen LogP contribution in [0.2, 0.25) is 0 Å². The van der Waals surface area contributed by atoms with E-state index in [9.17, 15) is 14.0 Å². The van der Waals surface area contributed by atoms with Crippen molar-refractivity contribution in [2.45, 2.75) is 18.9 Å². The molecule has 1 aromatic rings. The van der Waals surface area contributed by atoms with Gasteiger partial charge in [0.1, 0.15) is 5.82 Å². The molecule has 0 bridgehead atoms. The van der Waals surface area contributed by atoms with Crippen LogP contribution in [0.4, 0.5) is 10.1 Å². The van der Waals surface area contributed by atoms with E-state index >= 15 is 0 Å². The Kier molecular flexibility index (Phi) is 3.45. The highest BCUT2D eigenvalue weighted by Crippen LogP contribution is 2.18. The summed E-state index contributed by atoms with van der Waals surface area (Å²) in [5.74, 6) is -1.59. The number of rotatable bonds is 4. The molecule has 18 heavy (non-hydrogen) atoms. The van der Waals surface area contributed by atoms with Crippen LogP contribution in [-0.2, 0) is 4.79 Å². The van der Waals surface area contributed by atoms with Gasteiger partial charge < -0.3 is 16.4 Å². The molecule has 0 atom stereocenters. The van der Waals surface area contributed by atoms with E-state index in [1.807, 2.05) is 0 Å². The maximum Gasteiger partial charge on any atom is 0.254 e. The second-order valence-corrected chi connectivity index (χ2v) is 4.26. The molecule has 1 saturated carbocycles. The molecule has 0 spiro atoms. The Hall–Kier alpha value is -2.11. The van der Waals surface area contributed by atoms with Gasteiger partial charge in [-0.3, -0.25) is 9.59 Å². The van der Waals surface area contributed by atoms with Gasteiger partial charge in [0.05, 0.1) is 12.1 Å². The van der Waals surface area contributed by atoms with Gasteiger partial charge in [-0.1, -0.05) is 0 Å². The van der Waals surface area contributed by atoms with Gasteiger partial charge in [0.15, 0.2) is 0 Å². The summed E-state index contributed by atoms with van der Waals surface area (Å²) in [5, 5.41) is 5.08. The van der Waals surface area contributed by atoms with E-state index in [1.165, 1.54) is 12.1 Å². The van der Waals surface area contributed by atoms with Crippen molar-refractivity contribution < 1.29 is 14.0 Å². The summed E-state index contributed by atoms with van der Waals surface area (Å²) in [4.78, 5) is 22.9. The fourth-order valence-corrected chi connectivity index (χ4v) is 1.48. The lowest BCUT2D eigenvalue weighted by Crippen LogP contribution is -2.38. The number of hydrogen-bond acceptors (Lipinski definition) is 3. The van der Waals surface area contributed by atoms with E-state index in [4.69, 9.17) is 5.73 Å². The van der Waals surface area contributed by atoms with Gasteiger partial charge in [0.25, 0.3) is 5.91 Å². The van der Waals surface area contributed by atoms with Gasteiger partial charge in [-0.05, 0) is 31.0 Å². The lowest BCUT2D eigenvalue weighted by molar-refractivity contribution is -0.120. The van der Waals surface area contributed by atoms with Crippen LogP contribution in [0.25, 0.3) is 0 Å². The number of nitrogen functional groups attached to an aromatic ring is 1. The molecule has 6 heteroatoms. The molecule has 2 amide bonds. The van der Waals surface area contributed by atoms with Crippen molar-refractivity contribution in [1.82, 2.24) is 10.6 Å². The summed E-state index contributed by atoms with van der Waals surface area (Å²) in [7, 11) is 0. The Morgan fingerprint density at radius 3 is 2.72 bits per heavy atom. The van der Waals surface area contributed by atoms with Crippen LogP contribution in [0.1, 0.15) is 23.2 Å². The minimum Gasteiger partial charge on any atom is -0.399 e. The fourth-order valence-electron chi connectivity index (χ4n) is 1.48. The Bertz CT molecular complexity index is 486. The maximum absolute atomic E-state index is 13.4. The van der Waals surface area contributed by atoms with Crippen molar-refractivity contribution in [1.29, 1.82) is 0 Å². The lowest BCUT2D eigenvalue weighted by Gasteiger charge is -2.07. The van der Waals surface area contributed by atoms with Crippen molar-refractivity contribution in [2.75, 3.05) is 12.3 Å². The van der Waals surface area contributed by atoms with Gasteiger partial charge >= 0.3 is 0 Å². The number of halogens is 1. The van der Waals surface area contributed by atoms with E-state index in [1.54, 1.807) is 0 Å². The lowest BCUT2D eigenvalue weighted by atomic mass is 10.2. The first kappa shape index (κ1) is 12.3. The van der Waals surface area contributed by atoms with Crippen LogP contribution >= 0.6 is 0 Å². The Balaban J connectivity index is 1.88. The number of hydrogen-bond donors (Lipinski definition) is 3. The first-order valence-electron chi connectivity index (χ1n) is 5.69. The van der Waals surface area contributed by atoms with Gasteiger partial charge in [-0.2, -0.15) is 0 Å². The molecule has 1 aromatic carbocycles. The molecule has 96 valence electrons. The minimum absolute atomic E-state index is 0.122. The molecule has 4 N–H and O–H groups in total. The predicted molar refractivity (Wildman–Crippen MR) is 64.3 cm³/mol. The third-order valence-corrected chi connectivity index (χ3v) is 2.59. The molecule has 1 aliphatic carbocycles. The number of anilines is 1. The second kappa shape index (κ2) is 5.03. The first-order valence-corrected chi connectivity index (χ1v) is 5.69. The average Bonchev–Trinajstić information content (AvgIpc) is 3.10. The van der Waals surface area contributed by atoms with Gasteiger partial charge in [-0.15, -0.1) is 0 Å². The SMILES string of the molecule is Nc1ccc(C(=O)NCC(=O)NC2CC2)c(F)c1. The number of benzene rings is 1. The number of carbonyl (C=O) groups excluding carboxylic acids is 2. The van der Waals surface area contributed by atoms with E-state index in [0.29, 0.717) is 0 Å². The molecule has 2 rings (SSSR count). The number of amides is 2. The van der Waals surface area contributed by atoms with Crippen molar-refractivity contribution in [3.8, 4) is 0 Å². The van der Waals surface area contributed by atoms with Crippen LogP contribution in [-0.4, -0.2) is 24.4 Å². The predicted octanol–water partition coefficient (Wildman–Crippen LogP) is 0.416. The Labute approximate surface area is 104 Å². The summed E-state index contributed by atoms with van der Waals surface area (Å²) in [5.41, 5.74) is 5.50. The second-order valence-electron chi connectivity index (χ2n) is 4.26. The normalized spacial score (nSPS) is 14.1. The number of nitrogens with two attached hydrogens (primary N) is 1. The first-order chi connectivity index (χ1) is 8.56. The summed E-state index contributed by atoms with van der Waals surface area (Å²) in [6.45, 7) is -0.154. The zero-order valence-electron chi connectivity index (χ0n) is 9.70. The smallest absolute Gasteiger partial charge is 0.254 e. The molecule has 1 aliphatic rings. The monoisotopic (exact) mass is 251 g/mol. The molecule has 5 nitrogen and oxygen atoms in total. The highest BCUT2D eigenvalue weighted by molar-refractivity contribution is 5.97. The van der Waals surface area contributed by atoms with Crippen LogP contribution in [0.3, 0.4) is 0 Å². The zero-order valence-corrected chi connectivity index (χ0v) is 9.70. The molecule has 0 aliphatic heterocycles. The minimum atomic E-state index is -0.699. The molecule has 0 radical (unpaired) electrons. The van der Waals surface area contributed by atoms with Crippen LogP contribution in [0, 0.1) is 5.82 Å². The van der Waals surface area contributed by atoms with Crippen molar-refractivity contribution in [2.24, 2.45) is 0 Å². The maximum atomic E-state index is 13.4. The standard InChI is InChI=1S/C12H14FN3O2/c13-10-5-7(14)1-4-9(10)12(18)15-6-11(17)16-8-2-3-8/h1,4-5,8H,2-3,6,14H2,(H,15,18)(H,16,17). The van der Waals surface area contributed by atoms with Gasteiger partial charge in [0, 0.05) is 11.7 Å². The summed E-state index contributed by atoms with van der Waals surface area (Å²) >= 11 is 0. The third-order valence-electron chi connectivity index (χ3n) is 2.59. The zero-order chi connectivity index (χ0) is 13.1. The van der Waals surface area contributed by atoms with E-state index in [-0.39, 0.29) is 29.7 Å². The van der Waals surface area contributed by atoms with Crippen molar-refractivity contribution in [3.05, 3.63) is 29.6 Å². The highest BCUT2D eigenvalue weighted by atomic mass is 19.1. The molecule has 1 fully saturated rings. The van der Waals surface area contributed by atoms with Crippen LogP contribution in [0.5, 0.6) is 0 Å². The van der Waals surface area contributed by atoms with E-state index in [2.05, 4.69) is 10.6 Å². The Morgan fingerprint density at radius 1 is 1.39 bits per heavy atom. The molecular formula is C12H14FN3O2. The fraction of sp³-hybridized carbons (Fsp3) is 0.333. The third kappa shape index (κ3) is 3.19. The average molecular weight is 251 g/mol. The van der Waals surface area contributed by atoms with Crippen molar-refractivity contribution >= 4 is 17.5 Å². The topological polar surface area (TPSA) is 84.2 Å². The Morgan fingerprint density at radius 2 is 2.11 bits per heavy atom. The van der Waals surface area contributed by atoms with E-state index < -0.39 is 11.7 Å².